The van der Waals surface area contributed by atoms with E-state index in [1.807, 2.05) is 0 Å². The second-order valence-electron chi connectivity index (χ2n) is 4.51. The third-order valence-electron chi connectivity index (χ3n) is 3.12. The Morgan fingerprint density at radius 2 is 1.80 bits per heavy atom. The molecule has 20 heavy (non-hydrogen) atoms. The van der Waals surface area contributed by atoms with E-state index in [2.05, 4.69) is 12.6 Å². The number of alkyl halides is 3. The molecule has 0 spiro atoms. The lowest BCUT2D eigenvalue weighted by Crippen LogP contribution is -2.08. The third-order valence-corrected chi connectivity index (χ3v) is 4.76. The lowest BCUT2D eigenvalue weighted by Gasteiger charge is -2.12. The van der Waals surface area contributed by atoms with Crippen LogP contribution in [0.5, 0.6) is 0 Å². The van der Waals surface area contributed by atoms with E-state index in [-0.39, 0.29) is 0 Å². The minimum atomic E-state index is -4.35. The highest BCUT2D eigenvalue weighted by Crippen LogP contribution is 2.35. The van der Waals surface area contributed by atoms with Crippen LogP contribution in [0.2, 0.25) is 0 Å². The minimum absolute atomic E-state index is 0.480. The quantitative estimate of drug-likeness (QED) is 0.549. The van der Waals surface area contributed by atoms with Crippen LogP contribution in [0.3, 0.4) is 0 Å². The van der Waals surface area contributed by atoms with Crippen LogP contribution >= 0.6 is 37.1 Å². The van der Waals surface area contributed by atoms with Crippen molar-refractivity contribution in [2.24, 2.45) is 0 Å². The molecular formula is C14H11F3S3. The molecule has 1 aliphatic rings. The molecule has 0 amide bonds. The zero-order chi connectivity index (χ0) is 14.9. The largest absolute Gasteiger partial charge is 0.416 e. The normalized spacial score (nSPS) is 17.4. The van der Waals surface area contributed by atoms with E-state index >= 15 is 0 Å². The Hall–Kier alpha value is -0.720. The van der Waals surface area contributed by atoms with Crippen LogP contribution in [0, 0.1) is 0 Å². The Morgan fingerprint density at radius 1 is 1.10 bits per heavy atom. The van der Waals surface area contributed by atoms with Crippen molar-refractivity contribution < 1.29 is 13.2 Å². The number of rotatable bonds is 1. The Bertz CT molecular complexity index is 600. The minimum Gasteiger partial charge on any atom is -0.166 e. The Kier molecular flexibility index (Phi) is 4.66. The SMILES string of the molecule is FC(F)(F)c1cccc(C2=C(S)C(=S)C(=S)CCC2)c1. The second-order valence-corrected chi connectivity index (χ2v) is 5.86. The molecule has 1 aliphatic carbocycles. The average molecular weight is 332 g/mol. The van der Waals surface area contributed by atoms with Gasteiger partial charge in [0.05, 0.1) is 10.4 Å². The maximum Gasteiger partial charge on any atom is 0.416 e. The highest BCUT2D eigenvalue weighted by molar-refractivity contribution is 7.94. The summed E-state index contributed by atoms with van der Waals surface area (Å²) in [4.78, 5) is 1.67. The van der Waals surface area contributed by atoms with Crippen LogP contribution in [0.1, 0.15) is 30.4 Å². The van der Waals surface area contributed by atoms with Crippen molar-refractivity contribution in [2.75, 3.05) is 0 Å². The van der Waals surface area contributed by atoms with E-state index in [0.717, 1.165) is 24.1 Å². The first-order valence-corrected chi connectivity index (χ1v) is 7.24. The standard InChI is InChI=1S/C14H11F3S3/c15-14(16,17)9-4-1-3-8(7-9)10-5-2-6-11(18)13(20)12(10)19/h1,3-4,7,19H,2,5-6H2. The van der Waals surface area contributed by atoms with Gasteiger partial charge in [-0.1, -0.05) is 36.6 Å². The lowest BCUT2D eigenvalue weighted by molar-refractivity contribution is -0.137. The third kappa shape index (κ3) is 3.30. The molecule has 0 aromatic heterocycles. The fourth-order valence-electron chi connectivity index (χ4n) is 2.09. The summed E-state index contributed by atoms with van der Waals surface area (Å²) in [5.41, 5.74) is 0.586. The van der Waals surface area contributed by atoms with Crippen molar-refractivity contribution in [1.29, 1.82) is 0 Å². The van der Waals surface area contributed by atoms with E-state index < -0.39 is 11.7 Å². The maximum absolute atomic E-state index is 12.8. The van der Waals surface area contributed by atoms with Crippen molar-refractivity contribution >= 4 is 52.4 Å². The number of benzene rings is 1. The first kappa shape index (κ1) is 15.7. The number of hydrogen-bond donors (Lipinski definition) is 1. The van der Waals surface area contributed by atoms with Crippen LogP contribution < -0.4 is 0 Å². The topological polar surface area (TPSA) is 0 Å². The average Bonchev–Trinajstić information content (AvgIpc) is 2.52. The number of thiol groups is 1. The number of hydrogen-bond acceptors (Lipinski definition) is 3. The van der Waals surface area contributed by atoms with Crippen molar-refractivity contribution in [2.45, 2.75) is 25.4 Å². The summed E-state index contributed by atoms with van der Waals surface area (Å²) in [6, 6.07) is 5.25. The monoisotopic (exact) mass is 332 g/mol. The summed E-state index contributed by atoms with van der Waals surface area (Å²) in [6.07, 6.45) is -2.27. The Morgan fingerprint density at radius 3 is 2.45 bits per heavy atom. The van der Waals surface area contributed by atoms with Gasteiger partial charge in [-0.2, -0.15) is 13.2 Å². The van der Waals surface area contributed by atoms with Gasteiger partial charge < -0.3 is 0 Å². The van der Waals surface area contributed by atoms with Gasteiger partial charge in [0.2, 0.25) is 0 Å². The zero-order valence-electron chi connectivity index (χ0n) is 10.3. The van der Waals surface area contributed by atoms with Crippen molar-refractivity contribution in [3.05, 3.63) is 40.3 Å². The molecule has 1 aromatic rings. The van der Waals surface area contributed by atoms with Crippen LogP contribution in [0.25, 0.3) is 5.57 Å². The second kappa shape index (κ2) is 5.95. The molecule has 1 aromatic carbocycles. The molecule has 0 N–H and O–H groups in total. The molecule has 6 heteroatoms. The van der Waals surface area contributed by atoms with Gasteiger partial charge in [-0.15, -0.1) is 12.6 Å². The fourth-order valence-corrected chi connectivity index (χ4v) is 3.01. The highest BCUT2D eigenvalue weighted by Gasteiger charge is 2.31. The van der Waals surface area contributed by atoms with Crippen molar-refractivity contribution in [3.8, 4) is 0 Å². The first-order chi connectivity index (χ1) is 9.30. The van der Waals surface area contributed by atoms with E-state index in [4.69, 9.17) is 24.4 Å². The Labute approximate surface area is 131 Å². The zero-order valence-corrected chi connectivity index (χ0v) is 12.9. The Balaban J connectivity index is 2.50. The van der Waals surface area contributed by atoms with Gasteiger partial charge in [0.15, 0.2) is 0 Å². The van der Waals surface area contributed by atoms with E-state index in [1.54, 1.807) is 6.07 Å². The summed E-state index contributed by atoms with van der Waals surface area (Å²) < 4.78 is 38.3. The molecule has 2 rings (SSSR count). The van der Waals surface area contributed by atoms with E-state index in [1.165, 1.54) is 6.07 Å². The molecule has 0 bridgehead atoms. The molecular weight excluding hydrogens is 321 g/mol. The summed E-state index contributed by atoms with van der Waals surface area (Å²) >= 11 is 14.8. The van der Waals surface area contributed by atoms with Gasteiger partial charge in [0, 0.05) is 9.77 Å². The molecule has 0 atom stereocenters. The summed E-state index contributed by atoms with van der Waals surface area (Å²) in [7, 11) is 0. The van der Waals surface area contributed by atoms with Gasteiger partial charge in [-0.25, -0.2) is 0 Å². The van der Waals surface area contributed by atoms with Gasteiger partial charge in [0.1, 0.15) is 0 Å². The van der Waals surface area contributed by atoms with Crippen LogP contribution in [0.4, 0.5) is 13.2 Å². The van der Waals surface area contributed by atoms with E-state index in [9.17, 15) is 13.2 Å². The van der Waals surface area contributed by atoms with Gasteiger partial charge >= 0.3 is 6.18 Å². The maximum atomic E-state index is 12.8. The first-order valence-electron chi connectivity index (χ1n) is 5.98. The smallest absolute Gasteiger partial charge is 0.166 e. The van der Waals surface area contributed by atoms with Crippen molar-refractivity contribution in [3.63, 3.8) is 0 Å². The predicted octanol–water partition coefficient (Wildman–Crippen LogP) is 5.27. The molecule has 0 aliphatic heterocycles. The van der Waals surface area contributed by atoms with E-state index in [0.29, 0.717) is 33.0 Å². The molecule has 0 unspecified atom stereocenters. The summed E-state index contributed by atoms with van der Waals surface area (Å²) in [5, 5.41) is 0. The number of thiocarbonyl (C=S) groups is 2. The van der Waals surface area contributed by atoms with Crippen LogP contribution in [0.15, 0.2) is 29.2 Å². The number of halogens is 3. The summed E-state index contributed by atoms with van der Waals surface area (Å²) in [6.45, 7) is 0. The van der Waals surface area contributed by atoms with Gasteiger partial charge in [0.25, 0.3) is 0 Å². The fraction of sp³-hybridized carbons (Fsp3) is 0.286. The molecule has 0 saturated carbocycles. The molecule has 0 nitrogen and oxygen atoms in total. The predicted molar refractivity (Wildman–Crippen MR) is 86.4 cm³/mol. The molecule has 0 heterocycles. The number of allylic oxidation sites excluding steroid dienone is 2. The summed E-state index contributed by atoms with van der Waals surface area (Å²) in [5.74, 6) is 0. The van der Waals surface area contributed by atoms with Crippen LogP contribution in [-0.2, 0) is 6.18 Å². The molecule has 0 radical (unpaired) electrons. The van der Waals surface area contributed by atoms with Crippen molar-refractivity contribution in [1.82, 2.24) is 0 Å². The lowest BCUT2D eigenvalue weighted by atomic mass is 9.99. The molecule has 0 fully saturated rings. The molecule has 0 saturated heterocycles. The highest BCUT2D eigenvalue weighted by atomic mass is 32.1. The van der Waals surface area contributed by atoms with Gasteiger partial charge in [-0.05, 0) is 42.5 Å². The molecule has 106 valence electrons. The van der Waals surface area contributed by atoms with Gasteiger partial charge in [-0.3, -0.25) is 0 Å². The van der Waals surface area contributed by atoms with Crippen LogP contribution in [-0.4, -0.2) is 9.73 Å².